The first-order valence-electron chi connectivity index (χ1n) is 9.54. The molecule has 0 unspecified atom stereocenters. The van der Waals surface area contributed by atoms with Gasteiger partial charge in [-0.1, -0.05) is 24.3 Å². The van der Waals surface area contributed by atoms with Gasteiger partial charge in [0.1, 0.15) is 12.7 Å². The van der Waals surface area contributed by atoms with Crippen LogP contribution in [0.4, 0.5) is 0 Å². The van der Waals surface area contributed by atoms with E-state index in [0.29, 0.717) is 30.3 Å². The molecule has 0 saturated carbocycles. The van der Waals surface area contributed by atoms with E-state index in [1.54, 1.807) is 24.3 Å². The highest BCUT2D eigenvalue weighted by molar-refractivity contribution is 5.91. The maximum Gasteiger partial charge on any atom is 0.338 e. The lowest BCUT2D eigenvalue weighted by molar-refractivity contribution is -0.124. The Bertz CT molecular complexity index is 833. The molecule has 1 N–H and O–H groups in total. The number of fused-ring (bicyclic) bond motifs is 1. The van der Waals surface area contributed by atoms with Crippen molar-refractivity contribution >= 4 is 11.9 Å². The van der Waals surface area contributed by atoms with Gasteiger partial charge in [0.05, 0.1) is 24.8 Å². The maximum atomic E-state index is 12.1. The zero-order valence-corrected chi connectivity index (χ0v) is 16.6. The second kappa shape index (κ2) is 9.93. The second-order valence-electron chi connectivity index (χ2n) is 6.93. The summed E-state index contributed by atoms with van der Waals surface area (Å²) in [5, 5.41) is 2.69. The van der Waals surface area contributed by atoms with Crippen molar-refractivity contribution in [1.29, 1.82) is 0 Å². The molecule has 0 fully saturated rings. The largest absolute Gasteiger partial charge is 0.486 e. The minimum Gasteiger partial charge on any atom is -0.486 e. The van der Waals surface area contributed by atoms with Crippen LogP contribution in [-0.2, 0) is 20.9 Å². The molecule has 1 heterocycles. The van der Waals surface area contributed by atoms with Crippen LogP contribution in [-0.4, -0.2) is 43.8 Å². The fourth-order valence-corrected chi connectivity index (χ4v) is 2.66. The quantitative estimate of drug-likeness (QED) is 0.688. The molecule has 2 aromatic rings. The molecule has 1 aliphatic heterocycles. The molecule has 0 aromatic heterocycles. The molecule has 1 amide bonds. The van der Waals surface area contributed by atoms with E-state index in [9.17, 15) is 9.59 Å². The third-order valence-corrected chi connectivity index (χ3v) is 4.20. The van der Waals surface area contributed by atoms with Gasteiger partial charge in [0, 0.05) is 0 Å². The van der Waals surface area contributed by atoms with Crippen molar-refractivity contribution in [3.8, 4) is 11.5 Å². The molecule has 7 heteroatoms. The van der Waals surface area contributed by atoms with E-state index >= 15 is 0 Å². The van der Waals surface area contributed by atoms with Crippen LogP contribution in [0.2, 0.25) is 0 Å². The van der Waals surface area contributed by atoms with Gasteiger partial charge in [0.25, 0.3) is 5.91 Å². The number of para-hydroxylation sites is 2. The number of amides is 1. The highest BCUT2D eigenvalue weighted by atomic mass is 16.6. The summed E-state index contributed by atoms with van der Waals surface area (Å²) < 4.78 is 21.9. The number of rotatable bonds is 8. The summed E-state index contributed by atoms with van der Waals surface area (Å²) in [7, 11) is 0. The molecule has 0 aliphatic carbocycles. The number of nitrogens with one attached hydrogen (secondary N) is 1. The Morgan fingerprint density at radius 3 is 2.55 bits per heavy atom. The zero-order chi connectivity index (χ0) is 20.6. The molecule has 0 spiro atoms. The van der Waals surface area contributed by atoms with Crippen LogP contribution in [0, 0.1) is 0 Å². The molecular weight excluding hydrogens is 374 g/mol. The van der Waals surface area contributed by atoms with Crippen molar-refractivity contribution in [3.05, 3.63) is 59.7 Å². The molecule has 3 rings (SSSR count). The fourth-order valence-electron chi connectivity index (χ4n) is 2.66. The zero-order valence-electron chi connectivity index (χ0n) is 16.6. The molecule has 1 atom stereocenters. The predicted molar refractivity (Wildman–Crippen MR) is 106 cm³/mol. The Labute approximate surface area is 169 Å². The van der Waals surface area contributed by atoms with Crippen molar-refractivity contribution in [2.24, 2.45) is 0 Å². The molecule has 154 valence electrons. The third-order valence-electron chi connectivity index (χ3n) is 4.20. The maximum absolute atomic E-state index is 12.1. The average molecular weight is 399 g/mol. The van der Waals surface area contributed by atoms with E-state index in [-0.39, 0.29) is 25.4 Å². The summed E-state index contributed by atoms with van der Waals surface area (Å²) in [6, 6.07) is 14.3. The van der Waals surface area contributed by atoms with Crippen LogP contribution in [0.15, 0.2) is 48.5 Å². The van der Waals surface area contributed by atoms with Gasteiger partial charge in [0.2, 0.25) is 0 Å². The first-order valence-corrected chi connectivity index (χ1v) is 9.54. The van der Waals surface area contributed by atoms with E-state index < -0.39 is 11.9 Å². The minimum absolute atomic E-state index is 0.137. The Balaban J connectivity index is 1.38. The van der Waals surface area contributed by atoms with E-state index in [1.807, 2.05) is 38.1 Å². The summed E-state index contributed by atoms with van der Waals surface area (Å²) >= 11 is 0. The summed E-state index contributed by atoms with van der Waals surface area (Å²) in [6.45, 7) is 4.64. The molecule has 0 saturated heterocycles. The number of ether oxygens (including phenoxy) is 4. The molecule has 7 nitrogen and oxygen atoms in total. The summed E-state index contributed by atoms with van der Waals surface area (Å²) in [5.41, 5.74) is 1.34. The number of esters is 1. The van der Waals surface area contributed by atoms with Gasteiger partial charge < -0.3 is 24.3 Å². The van der Waals surface area contributed by atoms with Crippen LogP contribution in [0.5, 0.6) is 11.5 Å². The average Bonchev–Trinajstić information content (AvgIpc) is 2.74. The van der Waals surface area contributed by atoms with E-state index in [4.69, 9.17) is 18.9 Å². The molecule has 1 aliphatic rings. The monoisotopic (exact) mass is 399 g/mol. The molecule has 0 radical (unpaired) electrons. The third kappa shape index (κ3) is 6.22. The van der Waals surface area contributed by atoms with E-state index in [1.165, 1.54) is 0 Å². The van der Waals surface area contributed by atoms with Crippen molar-refractivity contribution in [2.75, 3.05) is 19.8 Å². The van der Waals surface area contributed by atoms with Crippen molar-refractivity contribution in [1.82, 2.24) is 5.32 Å². The van der Waals surface area contributed by atoms with Gasteiger partial charge in [0.15, 0.2) is 18.1 Å². The smallest absolute Gasteiger partial charge is 0.338 e. The lowest BCUT2D eigenvalue weighted by atomic mass is 10.1. The van der Waals surface area contributed by atoms with E-state index in [0.717, 1.165) is 5.56 Å². The topological polar surface area (TPSA) is 83.1 Å². The highest BCUT2D eigenvalue weighted by Crippen LogP contribution is 2.30. The highest BCUT2D eigenvalue weighted by Gasteiger charge is 2.21. The van der Waals surface area contributed by atoms with Gasteiger partial charge in [-0.05, 0) is 43.7 Å². The summed E-state index contributed by atoms with van der Waals surface area (Å²) in [6.07, 6.45) is -0.163. The molecule has 2 aromatic carbocycles. The minimum atomic E-state index is -0.553. The fraction of sp³-hybridized carbons (Fsp3) is 0.364. The normalized spacial score (nSPS) is 15.1. The van der Waals surface area contributed by atoms with Crippen LogP contribution >= 0.6 is 0 Å². The predicted octanol–water partition coefficient (Wildman–Crippen LogP) is 2.72. The van der Waals surface area contributed by atoms with Crippen molar-refractivity contribution in [2.45, 2.75) is 32.7 Å². The Hall–Kier alpha value is -3.06. The Morgan fingerprint density at radius 1 is 1.10 bits per heavy atom. The van der Waals surface area contributed by atoms with Gasteiger partial charge in [-0.2, -0.15) is 0 Å². The Kier molecular flexibility index (Phi) is 7.08. The van der Waals surface area contributed by atoms with Gasteiger partial charge in [-0.15, -0.1) is 0 Å². The van der Waals surface area contributed by atoms with E-state index in [2.05, 4.69) is 5.32 Å². The second-order valence-corrected chi connectivity index (χ2v) is 6.93. The van der Waals surface area contributed by atoms with Crippen LogP contribution in [0.3, 0.4) is 0 Å². The lowest BCUT2D eigenvalue weighted by Crippen LogP contribution is -2.42. The number of carbonyl (C=O) groups excluding carboxylic acids is 2. The first kappa shape index (κ1) is 20.7. The molecule has 29 heavy (non-hydrogen) atoms. The van der Waals surface area contributed by atoms with Crippen LogP contribution in [0.1, 0.15) is 29.8 Å². The van der Waals surface area contributed by atoms with Gasteiger partial charge in [-0.25, -0.2) is 4.79 Å². The number of benzene rings is 2. The number of carbonyl (C=O) groups is 2. The Morgan fingerprint density at radius 2 is 1.83 bits per heavy atom. The standard InChI is InChI=1S/C22H25NO6/c1-15(2)26-12-16-7-9-17(10-8-16)22(25)28-14-21(24)23-11-18-13-27-19-5-3-4-6-20(19)29-18/h3-10,15,18H,11-14H2,1-2H3,(H,23,24)/t18-/m1/s1. The lowest BCUT2D eigenvalue weighted by Gasteiger charge is -2.26. The summed E-state index contributed by atoms with van der Waals surface area (Å²) in [4.78, 5) is 24.1. The SMILES string of the molecule is CC(C)OCc1ccc(C(=O)OCC(=O)NC[C@@H]2COc3ccccc3O2)cc1. The summed E-state index contributed by atoms with van der Waals surface area (Å²) in [5.74, 6) is 0.378. The first-order chi connectivity index (χ1) is 14.0. The number of hydrogen-bond acceptors (Lipinski definition) is 6. The van der Waals surface area contributed by atoms with Crippen molar-refractivity contribution in [3.63, 3.8) is 0 Å². The van der Waals surface area contributed by atoms with Crippen LogP contribution < -0.4 is 14.8 Å². The molecule has 0 bridgehead atoms. The molecular formula is C22H25NO6. The van der Waals surface area contributed by atoms with Gasteiger partial charge >= 0.3 is 5.97 Å². The van der Waals surface area contributed by atoms with Gasteiger partial charge in [-0.3, -0.25) is 4.79 Å². The number of hydrogen-bond donors (Lipinski definition) is 1. The van der Waals surface area contributed by atoms with Crippen LogP contribution in [0.25, 0.3) is 0 Å². The van der Waals surface area contributed by atoms with Crippen molar-refractivity contribution < 1.29 is 28.5 Å².